The van der Waals surface area contributed by atoms with Gasteiger partial charge in [-0.15, -0.1) is 0 Å². The summed E-state index contributed by atoms with van der Waals surface area (Å²) >= 11 is 0. The number of hydrogen-bond donors (Lipinski definition) is 3. The molecule has 13 heteroatoms. The minimum absolute atomic E-state index is 0.00979. The van der Waals surface area contributed by atoms with Crippen LogP contribution in [-0.4, -0.2) is 82.5 Å². The standard InChI is InChI=1S/C35H39FN6O6/c1-22-5-12-26(13-6-22)42-17-15-41(16-18-42)21-30(43)38-29(33(44)45)20-23-7-14-27(28(36)19-23)31-39-32(48-40-31)24-8-10-25(11-9-24)37-34(46)47-35(2,3)4/h5-14,19,29H,15-18,20-21H2,1-4H3,(H,37,46)(H,38,43)(H,44,45). The Kier molecular flexibility index (Phi) is 10.4. The number of anilines is 2. The minimum Gasteiger partial charge on any atom is -0.480 e. The molecule has 2 heterocycles. The number of ether oxygens (including phenoxy) is 1. The SMILES string of the molecule is Cc1ccc(N2CCN(CC(=O)NC(Cc3ccc(-c4noc(-c5ccc(NC(=O)OC(C)(C)C)cc5)n4)c(F)c3)C(=O)O)CC2)cc1. The Morgan fingerprint density at radius 1 is 1.00 bits per heavy atom. The summed E-state index contributed by atoms with van der Waals surface area (Å²) in [6.45, 7) is 10.3. The lowest BCUT2D eigenvalue weighted by Crippen LogP contribution is -2.51. The molecular formula is C35H39FN6O6. The van der Waals surface area contributed by atoms with Crippen LogP contribution in [0, 0.1) is 12.7 Å². The van der Waals surface area contributed by atoms with Crippen LogP contribution in [0.25, 0.3) is 22.8 Å². The maximum atomic E-state index is 15.2. The number of rotatable bonds is 10. The van der Waals surface area contributed by atoms with E-state index in [1.165, 1.54) is 17.7 Å². The van der Waals surface area contributed by atoms with E-state index in [0.717, 1.165) is 18.8 Å². The van der Waals surface area contributed by atoms with Gasteiger partial charge in [-0.05, 0) is 81.8 Å². The average Bonchev–Trinajstić information content (AvgIpc) is 3.51. The van der Waals surface area contributed by atoms with Crippen molar-refractivity contribution in [2.24, 2.45) is 0 Å². The molecule has 1 fully saturated rings. The molecule has 12 nitrogen and oxygen atoms in total. The molecule has 0 aliphatic carbocycles. The first kappa shape index (κ1) is 34.0. The highest BCUT2D eigenvalue weighted by Gasteiger charge is 2.25. The van der Waals surface area contributed by atoms with Crippen molar-refractivity contribution in [3.05, 3.63) is 83.7 Å². The summed E-state index contributed by atoms with van der Waals surface area (Å²) in [5, 5.41) is 18.9. The molecule has 48 heavy (non-hydrogen) atoms. The summed E-state index contributed by atoms with van der Waals surface area (Å²) in [4.78, 5) is 45.3. The van der Waals surface area contributed by atoms with E-state index < -0.39 is 35.4 Å². The fraction of sp³-hybridized carbons (Fsp3) is 0.343. The normalized spacial score (nSPS) is 14.3. The lowest BCUT2D eigenvalue weighted by molar-refractivity contribution is -0.142. The van der Waals surface area contributed by atoms with E-state index in [9.17, 15) is 19.5 Å². The van der Waals surface area contributed by atoms with E-state index in [1.807, 2.05) is 11.8 Å². The van der Waals surface area contributed by atoms with Crippen molar-refractivity contribution in [1.82, 2.24) is 20.4 Å². The van der Waals surface area contributed by atoms with E-state index in [0.29, 0.717) is 29.9 Å². The van der Waals surface area contributed by atoms with Crippen molar-refractivity contribution >= 4 is 29.3 Å². The Morgan fingerprint density at radius 2 is 1.69 bits per heavy atom. The predicted octanol–water partition coefficient (Wildman–Crippen LogP) is 5.13. The Labute approximate surface area is 277 Å². The number of amides is 2. The molecule has 0 radical (unpaired) electrons. The highest BCUT2D eigenvalue weighted by Crippen LogP contribution is 2.26. The van der Waals surface area contributed by atoms with Crippen LogP contribution in [0.1, 0.15) is 31.9 Å². The number of carbonyl (C=O) groups is 3. The number of nitrogens with zero attached hydrogens (tertiary/aromatic N) is 4. The second-order valence-corrected chi connectivity index (χ2v) is 12.7. The molecule has 3 N–H and O–H groups in total. The van der Waals surface area contributed by atoms with Crippen LogP contribution in [0.2, 0.25) is 0 Å². The quantitative estimate of drug-likeness (QED) is 0.209. The molecule has 1 aromatic heterocycles. The number of benzene rings is 3. The first-order chi connectivity index (χ1) is 22.8. The fourth-order valence-corrected chi connectivity index (χ4v) is 5.23. The Morgan fingerprint density at radius 3 is 2.31 bits per heavy atom. The van der Waals surface area contributed by atoms with Crippen molar-refractivity contribution in [3.63, 3.8) is 0 Å². The molecule has 1 saturated heterocycles. The Hall–Kier alpha value is -5.30. The molecule has 0 bridgehead atoms. The number of aromatic nitrogens is 2. The van der Waals surface area contributed by atoms with Crippen LogP contribution in [0.15, 0.2) is 71.3 Å². The monoisotopic (exact) mass is 658 g/mol. The molecule has 252 valence electrons. The minimum atomic E-state index is -1.24. The lowest BCUT2D eigenvalue weighted by atomic mass is 10.0. The maximum absolute atomic E-state index is 15.2. The van der Waals surface area contributed by atoms with Gasteiger partial charge in [0.1, 0.15) is 17.5 Å². The summed E-state index contributed by atoms with van der Waals surface area (Å²) in [7, 11) is 0. The third kappa shape index (κ3) is 9.16. The number of piperazine rings is 1. The third-order valence-electron chi connectivity index (χ3n) is 7.69. The van der Waals surface area contributed by atoms with Gasteiger partial charge >= 0.3 is 12.1 Å². The maximum Gasteiger partial charge on any atom is 0.412 e. The lowest BCUT2D eigenvalue weighted by Gasteiger charge is -2.36. The van der Waals surface area contributed by atoms with Gasteiger partial charge in [-0.1, -0.05) is 28.9 Å². The van der Waals surface area contributed by atoms with Gasteiger partial charge in [0.2, 0.25) is 11.7 Å². The van der Waals surface area contributed by atoms with E-state index in [4.69, 9.17) is 9.26 Å². The number of hydrogen-bond acceptors (Lipinski definition) is 9. The zero-order chi connectivity index (χ0) is 34.4. The number of nitrogens with one attached hydrogen (secondary N) is 2. The molecule has 4 aromatic rings. The topological polar surface area (TPSA) is 150 Å². The number of aliphatic carboxylic acids is 1. The molecule has 3 aromatic carbocycles. The molecule has 1 aliphatic rings. The van der Waals surface area contributed by atoms with Gasteiger partial charge < -0.3 is 24.6 Å². The van der Waals surface area contributed by atoms with Crippen molar-refractivity contribution < 1.29 is 33.1 Å². The van der Waals surface area contributed by atoms with E-state index in [1.54, 1.807) is 51.1 Å². The molecule has 1 aliphatic heterocycles. The molecular weight excluding hydrogens is 619 g/mol. The third-order valence-corrected chi connectivity index (χ3v) is 7.69. The van der Waals surface area contributed by atoms with Gasteiger partial charge in [0.25, 0.3) is 5.89 Å². The van der Waals surface area contributed by atoms with E-state index in [-0.39, 0.29) is 30.2 Å². The van der Waals surface area contributed by atoms with Crippen LogP contribution >= 0.6 is 0 Å². The second-order valence-electron chi connectivity index (χ2n) is 12.7. The van der Waals surface area contributed by atoms with Gasteiger partial charge in [0.15, 0.2) is 0 Å². The molecule has 0 spiro atoms. The summed E-state index contributed by atoms with van der Waals surface area (Å²) in [5.74, 6) is -2.14. The highest BCUT2D eigenvalue weighted by molar-refractivity contribution is 5.85. The number of aryl methyl sites for hydroxylation is 1. The van der Waals surface area contributed by atoms with Crippen LogP contribution in [0.5, 0.6) is 0 Å². The number of carbonyl (C=O) groups excluding carboxylic acids is 2. The summed E-state index contributed by atoms with van der Waals surface area (Å²) in [6.07, 6.45) is -0.699. The number of halogens is 1. The number of carboxylic acids is 1. The zero-order valence-corrected chi connectivity index (χ0v) is 27.3. The van der Waals surface area contributed by atoms with Crippen LogP contribution in [-0.2, 0) is 20.7 Å². The van der Waals surface area contributed by atoms with Crippen LogP contribution < -0.4 is 15.5 Å². The van der Waals surface area contributed by atoms with Crippen molar-refractivity contribution in [1.29, 1.82) is 0 Å². The summed E-state index contributed by atoms with van der Waals surface area (Å²) in [5.41, 5.74) is 3.19. The number of carboxylic acid groups (broad SMARTS) is 1. The first-order valence-corrected chi connectivity index (χ1v) is 15.6. The van der Waals surface area contributed by atoms with Crippen molar-refractivity contribution in [3.8, 4) is 22.8 Å². The molecule has 0 saturated carbocycles. The van der Waals surface area contributed by atoms with E-state index in [2.05, 4.69) is 49.9 Å². The Balaban J connectivity index is 1.15. The van der Waals surface area contributed by atoms with Gasteiger partial charge in [0, 0.05) is 49.5 Å². The average molecular weight is 659 g/mol. The van der Waals surface area contributed by atoms with Gasteiger partial charge in [0.05, 0.1) is 12.1 Å². The zero-order valence-electron chi connectivity index (χ0n) is 27.3. The van der Waals surface area contributed by atoms with Gasteiger partial charge in [-0.2, -0.15) is 4.98 Å². The van der Waals surface area contributed by atoms with Crippen molar-refractivity contribution in [2.45, 2.75) is 45.8 Å². The summed E-state index contributed by atoms with van der Waals surface area (Å²) < 4.78 is 25.8. The smallest absolute Gasteiger partial charge is 0.412 e. The largest absolute Gasteiger partial charge is 0.480 e. The fourth-order valence-electron chi connectivity index (χ4n) is 5.23. The molecule has 1 unspecified atom stereocenters. The van der Waals surface area contributed by atoms with Crippen LogP contribution in [0.3, 0.4) is 0 Å². The molecule has 5 rings (SSSR count). The van der Waals surface area contributed by atoms with Gasteiger partial charge in [-0.3, -0.25) is 15.0 Å². The second kappa shape index (κ2) is 14.6. The first-order valence-electron chi connectivity index (χ1n) is 15.6. The van der Waals surface area contributed by atoms with Crippen molar-refractivity contribution in [2.75, 3.05) is 42.9 Å². The summed E-state index contributed by atoms with van der Waals surface area (Å²) in [6, 6.07) is 17.9. The van der Waals surface area contributed by atoms with Gasteiger partial charge in [-0.25, -0.2) is 14.0 Å². The highest BCUT2D eigenvalue weighted by atomic mass is 19.1. The molecule has 2 amide bonds. The molecule has 1 atom stereocenters. The Bertz CT molecular complexity index is 1740. The van der Waals surface area contributed by atoms with Crippen LogP contribution in [0.4, 0.5) is 20.6 Å². The predicted molar refractivity (Wildman–Crippen MR) is 178 cm³/mol. The van der Waals surface area contributed by atoms with E-state index >= 15 is 4.39 Å².